The second-order valence-corrected chi connectivity index (χ2v) is 3.79. The van der Waals surface area contributed by atoms with Crippen LogP contribution in [0, 0.1) is 6.92 Å². The maximum atomic E-state index is 11.1. The van der Waals surface area contributed by atoms with Gasteiger partial charge in [-0.1, -0.05) is 11.3 Å². The molecule has 0 aromatic carbocycles. The second kappa shape index (κ2) is 4.18. The minimum absolute atomic E-state index is 0.0622. The van der Waals surface area contributed by atoms with Crippen molar-refractivity contribution in [3.8, 4) is 0 Å². The molecule has 0 spiro atoms. The summed E-state index contributed by atoms with van der Waals surface area (Å²) in [5.74, 6) is -0.0622. The van der Waals surface area contributed by atoms with Crippen molar-refractivity contribution in [3.05, 3.63) is 5.01 Å². The van der Waals surface area contributed by atoms with Crippen molar-refractivity contribution >= 4 is 22.4 Å². The monoisotopic (exact) mass is 200 g/mol. The molecule has 6 heteroatoms. The molecule has 13 heavy (non-hydrogen) atoms. The summed E-state index contributed by atoms with van der Waals surface area (Å²) in [7, 11) is 1.60. The number of hydrogen-bond donors (Lipinski definition) is 2. The molecule has 1 aromatic heterocycles. The fourth-order valence-electron chi connectivity index (χ4n) is 0.822. The van der Waals surface area contributed by atoms with E-state index in [4.69, 9.17) is 0 Å². The van der Waals surface area contributed by atoms with Crippen molar-refractivity contribution in [3.63, 3.8) is 0 Å². The fourth-order valence-corrected chi connectivity index (χ4v) is 1.50. The predicted octanol–water partition coefficient (Wildman–Crippen LogP) is 0.393. The van der Waals surface area contributed by atoms with Gasteiger partial charge in [-0.05, 0) is 13.8 Å². The smallest absolute Gasteiger partial charge is 0.242 e. The van der Waals surface area contributed by atoms with Gasteiger partial charge < -0.3 is 10.6 Å². The molecule has 1 atom stereocenters. The highest BCUT2D eigenvalue weighted by Crippen LogP contribution is 2.14. The van der Waals surface area contributed by atoms with Gasteiger partial charge in [0.05, 0.1) is 0 Å². The summed E-state index contributed by atoms with van der Waals surface area (Å²) < 4.78 is 0. The standard InChI is InChI=1S/C7H12N4OS/c1-4(6(12)8-3)9-7-11-10-5(2)13-7/h4H,1-3H3,(H,8,12)(H,9,11). The Morgan fingerprint density at radius 1 is 1.54 bits per heavy atom. The molecule has 72 valence electrons. The number of aryl methyl sites for hydroxylation is 1. The van der Waals surface area contributed by atoms with Crippen LogP contribution in [0.3, 0.4) is 0 Å². The van der Waals surface area contributed by atoms with Gasteiger partial charge in [0.1, 0.15) is 11.0 Å². The number of aromatic nitrogens is 2. The quantitative estimate of drug-likeness (QED) is 0.741. The minimum Gasteiger partial charge on any atom is -0.357 e. The van der Waals surface area contributed by atoms with E-state index in [0.29, 0.717) is 5.13 Å². The summed E-state index contributed by atoms with van der Waals surface area (Å²) in [5, 5.41) is 14.7. The van der Waals surface area contributed by atoms with Crippen molar-refractivity contribution in [2.45, 2.75) is 19.9 Å². The van der Waals surface area contributed by atoms with E-state index in [-0.39, 0.29) is 11.9 Å². The Morgan fingerprint density at radius 3 is 2.69 bits per heavy atom. The Bertz CT molecular complexity index is 298. The molecule has 0 aliphatic heterocycles. The average Bonchev–Trinajstić information content (AvgIpc) is 2.49. The summed E-state index contributed by atoms with van der Waals surface area (Å²) in [6.07, 6.45) is 0. The van der Waals surface area contributed by atoms with E-state index in [1.807, 2.05) is 6.92 Å². The third-order valence-corrected chi connectivity index (χ3v) is 2.28. The van der Waals surface area contributed by atoms with Gasteiger partial charge in [-0.2, -0.15) is 0 Å². The van der Waals surface area contributed by atoms with Gasteiger partial charge in [-0.3, -0.25) is 4.79 Å². The third-order valence-electron chi connectivity index (χ3n) is 1.51. The predicted molar refractivity (Wildman–Crippen MR) is 51.8 cm³/mol. The van der Waals surface area contributed by atoms with Crippen LogP contribution >= 0.6 is 11.3 Å². The molecule has 0 radical (unpaired) electrons. The van der Waals surface area contributed by atoms with Crippen LogP contribution in [0.2, 0.25) is 0 Å². The molecule has 1 unspecified atom stereocenters. The molecule has 1 aromatic rings. The van der Waals surface area contributed by atoms with Gasteiger partial charge in [0, 0.05) is 7.05 Å². The van der Waals surface area contributed by atoms with Gasteiger partial charge in [0.15, 0.2) is 0 Å². The van der Waals surface area contributed by atoms with Crippen molar-refractivity contribution in [2.75, 3.05) is 12.4 Å². The van der Waals surface area contributed by atoms with E-state index in [2.05, 4.69) is 20.8 Å². The Labute approximate surface area is 80.6 Å². The van der Waals surface area contributed by atoms with E-state index < -0.39 is 0 Å². The number of carbonyl (C=O) groups is 1. The summed E-state index contributed by atoms with van der Waals surface area (Å²) in [4.78, 5) is 11.1. The lowest BCUT2D eigenvalue weighted by molar-refractivity contribution is -0.121. The summed E-state index contributed by atoms with van der Waals surface area (Å²) in [6.45, 7) is 3.64. The van der Waals surface area contributed by atoms with Crippen LogP contribution in [0.15, 0.2) is 0 Å². The molecule has 2 N–H and O–H groups in total. The molecule has 1 rings (SSSR count). The van der Waals surface area contributed by atoms with Crippen molar-refractivity contribution in [1.82, 2.24) is 15.5 Å². The van der Waals surface area contributed by atoms with E-state index in [1.165, 1.54) is 11.3 Å². The molecule has 1 heterocycles. The van der Waals surface area contributed by atoms with Crippen LogP contribution in [0.4, 0.5) is 5.13 Å². The average molecular weight is 200 g/mol. The van der Waals surface area contributed by atoms with Gasteiger partial charge in [0.25, 0.3) is 0 Å². The van der Waals surface area contributed by atoms with E-state index in [0.717, 1.165) is 5.01 Å². The number of nitrogens with one attached hydrogen (secondary N) is 2. The first-order valence-electron chi connectivity index (χ1n) is 3.91. The number of nitrogens with zero attached hydrogens (tertiary/aromatic N) is 2. The number of anilines is 1. The molecule has 5 nitrogen and oxygen atoms in total. The Hall–Kier alpha value is -1.17. The van der Waals surface area contributed by atoms with Crippen LogP contribution in [-0.4, -0.2) is 29.2 Å². The number of amides is 1. The van der Waals surface area contributed by atoms with Crippen molar-refractivity contribution in [2.24, 2.45) is 0 Å². The highest BCUT2D eigenvalue weighted by Gasteiger charge is 2.11. The molecule has 0 fully saturated rings. The van der Waals surface area contributed by atoms with Gasteiger partial charge >= 0.3 is 0 Å². The minimum atomic E-state index is -0.280. The normalized spacial score (nSPS) is 12.2. The first-order chi connectivity index (χ1) is 6.13. The Kier molecular flexibility index (Phi) is 3.18. The van der Waals surface area contributed by atoms with Gasteiger partial charge in [-0.25, -0.2) is 0 Å². The lowest BCUT2D eigenvalue weighted by Gasteiger charge is -2.09. The number of likely N-dealkylation sites (N-methyl/N-ethyl adjacent to an activating group) is 1. The fraction of sp³-hybridized carbons (Fsp3) is 0.571. The lowest BCUT2D eigenvalue weighted by atomic mass is 10.3. The lowest BCUT2D eigenvalue weighted by Crippen LogP contribution is -2.35. The molecule has 0 saturated carbocycles. The molecular formula is C7H12N4OS. The van der Waals surface area contributed by atoms with E-state index in [9.17, 15) is 4.79 Å². The van der Waals surface area contributed by atoms with Crippen LogP contribution in [-0.2, 0) is 4.79 Å². The molecule has 0 bridgehead atoms. The number of hydrogen-bond acceptors (Lipinski definition) is 5. The van der Waals surface area contributed by atoms with Crippen molar-refractivity contribution < 1.29 is 4.79 Å². The van der Waals surface area contributed by atoms with Crippen LogP contribution < -0.4 is 10.6 Å². The molecule has 0 saturated heterocycles. The molecule has 0 aliphatic carbocycles. The zero-order valence-corrected chi connectivity index (χ0v) is 8.60. The first kappa shape index (κ1) is 9.91. The van der Waals surface area contributed by atoms with Crippen molar-refractivity contribution in [1.29, 1.82) is 0 Å². The number of rotatable bonds is 3. The Balaban J connectivity index is 2.54. The topological polar surface area (TPSA) is 66.9 Å². The Morgan fingerprint density at radius 2 is 2.23 bits per heavy atom. The maximum Gasteiger partial charge on any atom is 0.242 e. The molecule has 1 amide bonds. The molecule has 0 aliphatic rings. The van der Waals surface area contributed by atoms with Crippen LogP contribution in [0.25, 0.3) is 0 Å². The van der Waals surface area contributed by atoms with Crippen LogP contribution in [0.5, 0.6) is 0 Å². The summed E-state index contributed by atoms with van der Waals surface area (Å²) >= 11 is 1.43. The third kappa shape index (κ3) is 2.66. The largest absolute Gasteiger partial charge is 0.357 e. The number of carbonyl (C=O) groups excluding carboxylic acids is 1. The molecular weight excluding hydrogens is 188 g/mol. The zero-order chi connectivity index (χ0) is 9.84. The SMILES string of the molecule is CNC(=O)C(C)Nc1nnc(C)s1. The summed E-state index contributed by atoms with van der Waals surface area (Å²) in [6, 6.07) is -0.280. The van der Waals surface area contributed by atoms with Gasteiger partial charge in [-0.15, -0.1) is 10.2 Å². The maximum absolute atomic E-state index is 11.1. The second-order valence-electron chi connectivity index (χ2n) is 2.61. The first-order valence-corrected chi connectivity index (χ1v) is 4.73. The highest BCUT2D eigenvalue weighted by atomic mass is 32.1. The van der Waals surface area contributed by atoms with E-state index >= 15 is 0 Å². The highest BCUT2D eigenvalue weighted by molar-refractivity contribution is 7.15. The van der Waals surface area contributed by atoms with Crippen LogP contribution in [0.1, 0.15) is 11.9 Å². The zero-order valence-electron chi connectivity index (χ0n) is 7.79. The van der Waals surface area contributed by atoms with E-state index in [1.54, 1.807) is 14.0 Å². The van der Waals surface area contributed by atoms with Gasteiger partial charge in [0.2, 0.25) is 11.0 Å². The summed E-state index contributed by atoms with van der Waals surface area (Å²) in [5.41, 5.74) is 0.